The van der Waals surface area contributed by atoms with E-state index in [4.69, 9.17) is 0 Å². The first-order valence-corrected chi connectivity index (χ1v) is 12.1. The van der Waals surface area contributed by atoms with Gasteiger partial charge in [0.1, 0.15) is 23.0 Å². The number of carbonyl (C=O) groups excluding carboxylic acids is 4. The maximum absolute atomic E-state index is 13.3. The molecular weight excluding hydrogens is 527 g/mol. The van der Waals surface area contributed by atoms with Gasteiger partial charge in [-0.25, -0.2) is 0 Å². The number of carbonyl (C=O) groups is 4. The predicted octanol–water partition coefficient (Wildman–Crippen LogP) is -3.65. The quantitative estimate of drug-likeness (QED) is 0.234. The van der Waals surface area contributed by atoms with Crippen LogP contribution >= 0.6 is 11.8 Å². The Balaban J connectivity index is 0.00000380. The molecule has 3 heterocycles. The number of fused-ring (bicyclic) bond motifs is 1. The van der Waals surface area contributed by atoms with E-state index in [1.807, 2.05) is 0 Å². The molecule has 2 aliphatic heterocycles. The van der Waals surface area contributed by atoms with Crippen molar-refractivity contribution in [3.05, 3.63) is 63.9 Å². The Bertz CT molecular complexity index is 1300. The van der Waals surface area contributed by atoms with Gasteiger partial charge in [-0.1, -0.05) is 30.3 Å². The Hall–Kier alpha value is -2.16. The van der Waals surface area contributed by atoms with E-state index in [0.717, 1.165) is 6.07 Å². The third kappa shape index (κ3) is 5.52. The van der Waals surface area contributed by atoms with Gasteiger partial charge in [0.15, 0.2) is 11.3 Å². The van der Waals surface area contributed by atoms with Gasteiger partial charge in [0.25, 0.3) is 5.91 Å². The average Bonchev–Trinajstić information content (AvgIpc) is 3.09. The summed E-state index contributed by atoms with van der Waals surface area (Å²) in [5.74, 6) is -3.74. The Morgan fingerprint density at radius 2 is 1.84 bits per heavy atom. The smallest absolute Gasteiger partial charge is 0.548 e. The number of β-lactam (4-membered cyclic amide) rings is 1. The number of nitrogens with zero attached hydrogens (tertiary/aromatic N) is 2. The van der Waals surface area contributed by atoms with E-state index < -0.39 is 57.4 Å². The van der Waals surface area contributed by atoms with Gasteiger partial charge < -0.3 is 35.1 Å². The number of carboxylic acid groups (broad SMARTS) is 1. The van der Waals surface area contributed by atoms with Crippen LogP contribution in [0.2, 0.25) is 0 Å². The van der Waals surface area contributed by atoms with Gasteiger partial charge >= 0.3 is 51.4 Å². The van der Waals surface area contributed by atoms with E-state index in [1.165, 1.54) is 27.4 Å². The van der Waals surface area contributed by atoms with Gasteiger partial charge in [-0.15, -0.1) is 11.8 Å². The monoisotopic (exact) mass is 552 g/mol. The molecule has 37 heavy (non-hydrogen) atoms. The van der Waals surface area contributed by atoms with E-state index >= 15 is 0 Å². The van der Waals surface area contributed by atoms with E-state index in [-0.39, 0.29) is 62.8 Å². The maximum atomic E-state index is 13.3. The number of amides is 3. The summed E-state index contributed by atoms with van der Waals surface area (Å²) in [6.45, 7) is 5.41. The van der Waals surface area contributed by atoms with Crippen molar-refractivity contribution in [1.82, 2.24) is 20.1 Å². The number of rotatable bonds is 7. The van der Waals surface area contributed by atoms with Crippen molar-refractivity contribution in [2.24, 2.45) is 0 Å². The van der Waals surface area contributed by atoms with Gasteiger partial charge in [0.2, 0.25) is 11.8 Å². The second kappa shape index (κ2) is 11.3. The Morgan fingerprint density at radius 3 is 2.43 bits per heavy atom. The number of hydrogen-bond donors (Lipinski definition) is 3. The number of carboxylic acids is 1. The van der Waals surface area contributed by atoms with Crippen LogP contribution < -0.4 is 72.6 Å². The van der Waals surface area contributed by atoms with Crippen LogP contribution in [0.3, 0.4) is 0 Å². The molecular formula is C24H25KN4O7S. The molecule has 1 unspecified atom stereocenters. The molecule has 0 saturated carbocycles. The van der Waals surface area contributed by atoms with Crippen molar-refractivity contribution in [3.8, 4) is 5.88 Å². The van der Waals surface area contributed by atoms with Crippen LogP contribution in [0.15, 0.2) is 47.4 Å². The second-order valence-electron chi connectivity index (χ2n) is 9.08. The normalized spacial score (nSPS) is 22.2. The van der Waals surface area contributed by atoms with Crippen molar-refractivity contribution < 1.29 is 80.8 Å². The number of aromatic hydroxyl groups is 1. The minimum Gasteiger partial charge on any atom is -0.548 e. The van der Waals surface area contributed by atoms with E-state index in [2.05, 4.69) is 10.6 Å². The predicted molar refractivity (Wildman–Crippen MR) is 128 cm³/mol. The molecule has 3 N–H and O–H groups in total. The molecule has 1 aromatic carbocycles. The van der Waals surface area contributed by atoms with Crippen LogP contribution in [-0.4, -0.2) is 60.5 Å². The Kier molecular flexibility index (Phi) is 8.97. The zero-order valence-corrected chi connectivity index (χ0v) is 24.7. The summed E-state index contributed by atoms with van der Waals surface area (Å²) in [4.78, 5) is 64.3. The van der Waals surface area contributed by atoms with Gasteiger partial charge in [-0.05, 0) is 26.3 Å². The van der Waals surface area contributed by atoms with Crippen LogP contribution in [0, 0.1) is 0 Å². The number of nitrogens with one attached hydrogen (secondary N) is 2. The number of aliphatic carboxylic acids is 1. The molecule has 3 amide bonds. The van der Waals surface area contributed by atoms with Gasteiger partial charge in [-0.2, -0.15) is 0 Å². The van der Waals surface area contributed by atoms with Gasteiger partial charge in [0, 0.05) is 23.6 Å². The summed E-state index contributed by atoms with van der Waals surface area (Å²) in [7, 11) is 0. The number of thioether (sulfide) groups is 1. The average molecular weight is 553 g/mol. The first-order chi connectivity index (χ1) is 17.0. The fourth-order valence-corrected chi connectivity index (χ4v) is 6.13. The molecule has 2 aliphatic rings. The molecule has 4 atom stereocenters. The molecule has 2 saturated heterocycles. The molecule has 13 heteroatoms. The summed E-state index contributed by atoms with van der Waals surface area (Å²) in [5.41, 5.74) is -0.572. The van der Waals surface area contributed by atoms with E-state index in [9.17, 15) is 34.2 Å². The van der Waals surface area contributed by atoms with E-state index in [1.54, 1.807) is 51.1 Å². The van der Waals surface area contributed by atoms with Crippen molar-refractivity contribution in [3.63, 3.8) is 0 Å². The summed E-state index contributed by atoms with van der Waals surface area (Å²) in [6.07, 6.45) is 1.21. The van der Waals surface area contributed by atoms with Crippen LogP contribution in [0.1, 0.15) is 42.7 Å². The first-order valence-electron chi connectivity index (χ1n) is 11.3. The fraction of sp³-hybridized carbons (Fsp3) is 0.375. The Labute approximate surface area is 259 Å². The summed E-state index contributed by atoms with van der Waals surface area (Å²) < 4.78 is 0.492. The molecule has 190 valence electrons. The minimum atomic E-state index is -1.37. The number of benzene rings is 1. The third-order valence-electron chi connectivity index (χ3n) is 6.32. The second-order valence-corrected chi connectivity index (χ2v) is 10.8. The summed E-state index contributed by atoms with van der Waals surface area (Å²) in [6, 6.07) is 5.84. The van der Waals surface area contributed by atoms with E-state index in [0.29, 0.717) is 12.1 Å². The third-order valence-corrected chi connectivity index (χ3v) is 7.89. The molecule has 1 aromatic heterocycles. The molecule has 4 rings (SSSR count). The maximum Gasteiger partial charge on any atom is 1.00 e. The van der Waals surface area contributed by atoms with Gasteiger partial charge in [-0.3, -0.25) is 19.2 Å². The standard InChI is InChI=1S/C24H26N4O7S.K/c1-4-27-11-13(14(29)10-15(27)30)19(31)25-16(12-8-6-5-7-9-12)20(32)26-17-21(33)28-18(23(34)35)24(2,3)36-22(17)28;/h5-11,16-18,22,30H,4H2,1-3H3,(H,25,31)(H,26,32)(H,34,35);/q;+1/p-1/t16?,17-,18+,22-;/m1./s1. The number of pyridine rings is 1. The zero-order valence-electron chi connectivity index (χ0n) is 20.8. The fourth-order valence-electron chi connectivity index (χ4n) is 4.50. The van der Waals surface area contributed by atoms with Crippen molar-refractivity contribution in [2.75, 3.05) is 0 Å². The van der Waals surface area contributed by atoms with Crippen LogP contribution in [0.25, 0.3) is 0 Å². The number of aryl methyl sites for hydroxylation is 1. The molecule has 0 radical (unpaired) electrons. The zero-order chi connectivity index (χ0) is 26.4. The number of hydrogen-bond acceptors (Lipinski definition) is 8. The molecule has 0 spiro atoms. The van der Waals surface area contributed by atoms with Gasteiger partial charge in [0.05, 0.1) is 12.0 Å². The van der Waals surface area contributed by atoms with Crippen molar-refractivity contribution >= 4 is 35.5 Å². The molecule has 0 aliphatic carbocycles. The molecule has 2 fully saturated rings. The molecule has 11 nitrogen and oxygen atoms in total. The van der Waals surface area contributed by atoms with Crippen molar-refractivity contribution in [1.29, 1.82) is 0 Å². The minimum absolute atomic E-state index is 0. The molecule has 2 aromatic rings. The molecule has 0 bridgehead atoms. The van der Waals surface area contributed by atoms with Crippen LogP contribution in [-0.2, 0) is 20.9 Å². The van der Waals surface area contributed by atoms with Crippen LogP contribution in [0.4, 0.5) is 0 Å². The summed E-state index contributed by atoms with van der Waals surface area (Å²) in [5, 5.41) is 26.1. The summed E-state index contributed by atoms with van der Waals surface area (Å²) >= 11 is 1.25. The largest absolute Gasteiger partial charge is 1.00 e. The SMILES string of the molecule is CCn1cc(C(=O)NC(C(=O)N[C@@H]2C(=O)N3[C@@H]2SC(C)(C)[C@@H]3C(=O)[O-])c2ccccc2)c(=O)cc1O.[K+]. The Morgan fingerprint density at radius 1 is 1.19 bits per heavy atom. The number of aromatic nitrogens is 1. The van der Waals surface area contributed by atoms with Crippen LogP contribution in [0.5, 0.6) is 5.88 Å². The van der Waals surface area contributed by atoms with Crippen molar-refractivity contribution in [2.45, 2.75) is 55.6 Å². The first kappa shape index (κ1) is 29.4. The topological polar surface area (TPSA) is 161 Å².